The van der Waals surface area contributed by atoms with Crippen molar-refractivity contribution in [3.63, 3.8) is 0 Å². The Hall–Kier alpha value is -1.97. The highest BCUT2D eigenvalue weighted by Gasteiger charge is 2.14. The number of aromatic nitrogens is 2. The number of nitrogens with one attached hydrogen (secondary N) is 1. The number of carbonyl (C=O) groups is 1. The third-order valence-electron chi connectivity index (χ3n) is 4.27. The molecule has 0 spiro atoms. The number of aryl methyl sites for hydroxylation is 2. The molecule has 146 valence electrons. The molecule has 1 aromatic carbocycles. The highest BCUT2D eigenvalue weighted by molar-refractivity contribution is 7.98. The smallest absolute Gasteiger partial charge is 0.238 e. The van der Waals surface area contributed by atoms with Gasteiger partial charge >= 0.3 is 0 Å². The largest absolute Gasteiger partial charge is 0.350 e. The van der Waals surface area contributed by atoms with Crippen LogP contribution in [-0.2, 0) is 21.2 Å². The van der Waals surface area contributed by atoms with Crippen LogP contribution in [-0.4, -0.2) is 30.5 Å². The van der Waals surface area contributed by atoms with Crippen LogP contribution < -0.4 is 10.5 Å². The molecule has 1 atom stereocenters. The average molecular weight is 409 g/mol. The summed E-state index contributed by atoms with van der Waals surface area (Å²) in [6, 6.07) is 5.92. The molecule has 1 amide bonds. The summed E-state index contributed by atoms with van der Waals surface area (Å²) >= 11 is 1.49. The Labute approximate surface area is 164 Å². The van der Waals surface area contributed by atoms with Gasteiger partial charge in [-0.2, -0.15) is 0 Å². The second-order valence-electron chi connectivity index (χ2n) is 6.26. The number of amides is 1. The minimum atomic E-state index is -3.72. The molecular formula is C18H24N4O3S2. The van der Waals surface area contributed by atoms with Crippen molar-refractivity contribution >= 4 is 27.7 Å². The van der Waals surface area contributed by atoms with Gasteiger partial charge in [-0.25, -0.2) is 23.5 Å². The summed E-state index contributed by atoms with van der Waals surface area (Å²) in [5.41, 5.74) is 3.58. The Morgan fingerprint density at radius 3 is 2.22 bits per heavy atom. The van der Waals surface area contributed by atoms with Crippen LogP contribution in [0.15, 0.2) is 34.3 Å². The molecule has 1 aromatic heterocycles. The van der Waals surface area contributed by atoms with Gasteiger partial charge in [-0.15, -0.1) is 0 Å². The van der Waals surface area contributed by atoms with Crippen molar-refractivity contribution in [2.45, 2.75) is 49.7 Å². The lowest BCUT2D eigenvalue weighted by molar-refractivity contribution is -0.121. The maximum absolute atomic E-state index is 12.3. The van der Waals surface area contributed by atoms with Crippen LogP contribution in [0.2, 0.25) is 0 Å². The first-order valence-electron chi connectivity index (χ1n) is 8.42. The lowest BCUT2D eigenvalue weighted by Crippen LogP contribution is -2.27. The van der Waals surface area contributed by atoms with Crippen LogP contribution in [0.25, 0.3) is 0 Å². The average Bonchev–Trinajstić information content (AvgIpc) is 2.60. The van der Waals surface area contributed by atoms with Crippen molar-refractivity contribution in [1.82, 2.24) is 15.3 Å². The molecule has 3 N–H and O–H groups in total. The zero-order chi connectivity index (χ0) is 20.2. The lowest BCUT2D eigenvalue weighted by Gasteiger charge is -2.15. The van der Waals surface area contributed by atoms with E-state index in [1.54, 1.807) is 12.1 Å². The monoisotopic (exact) mass is 408 g/mol. The van der Waals surface area contributed by atoms with Crippen molar-refractivity contribution in [1.29, 1.82) is 0 Å². The van der Waals surface area contributed by atoms with Gasteiger partial charge in [0.2, 0.25) is 15.9 Å². The van der Waals surface area contributed by atoms with Crippen LogP contribution in [0, 0.1) is 13.8 Å². The van der Waals surface area contributed by atoms with Gasteiger partial charge in [-0.05, 0) is 56.7 Å². The molecule has 0 saturated heterocycles. The SMILES string of the molecule is CSc1nc(C)c(CCC(=O)N[C@H](C)c2ccc(S(N)(=O)=O)cc2)c(C)n1. The summed E-state index contributed by atoms with van der Waals surface area (Å²) in [4.78, 5) is 21.2. The second kappa shape index (κ2) is 8.81. The molecule has 0 aliphatic carbocycles. The number of benzene rings is 1. The van der Waals surface area contributed by atoms with E-state index in [9.17, 15) is 13.2 Å². The molecule has 0 unspecified atom stereocenters. The fraction of sp³-hybridized carbons (Fsp3) is 0.389. The molecule has 1 heterocycles. The summed E-state index contributed by atoms with van der Waals surface area (Å²) in [6.45, 7) is 5.70. The predicted octanol–water partition coefficient (Wildman–Crippen LogP) is 2.27. The normalized spacial score (nSPS) is 12.6. The van der Waals surface area contributed by atoms with Crippen LogP contribution in [0.3, 0.4) is 0 Å². The third kappa shape index (κ3) is 5.75. The minimum Gasteiger partial charge on any atom is -0.350 e. The van der Waals surface area contributed by atoms with Crippen molar-refractivity contribution < 1.29 is 13.2 Å². The number of hydrogen-bond acceptors (Lipinski definition) is 6. The first-order chi connectivity index (χ1) is 12.6. The van der Waals surface area contributed by atoms with Crippen molar-refractivity contribution in [3.8, 4) is 0 Å². The van der Waals surface area contributed by atoms with E-state index in [0.717, 1.165) is 27.7 Å². The molecule has 7 nitrogen and oxygen atoms in total. The molecular weight excluding hydrogens is 384 g/mol. The number of sulfonamides is 1. The molecule has 0 radical (unpaired) electrons. The molecule has 0 bridgehead atoms. The third-order valence-corrected chi connectivity index (χ3v) is 5.75. The molecule has 9 heteroatoms. The number of rotatable bonds is 7. The summed E-state index contributed by atoms with van der Waals surface area (Å²) in [6.07, 6.45) is 2.82. The molecule has 27 heavy (non-hydrogen) atoms. The van der Waals surface area contributed by atoms with Crippen molar-refractivity contribution in [2.75, 3.05) is 6.26 Å². The highest BCUT2D eigenvalue weighted by Crippen LogP contribution is 2.18. The molecule has 0 saturated carbocycles. The fourth-order valence-electron chi connectivity index (χ4n) is 2.74. The zero-order valence-corrected chi connectivity index (χ0v) is 17.4. The lowest BCUT2D eigenvalue weighted by atomic mass is 10.1. The maximum atomic E-state index is 12.3. The summed E-state index contributed by atoms with van der Waals surface area (Å²) in [7, 11) is -3.72. The number of thioether (sulfide) groups is 1. The first-order valence-corrected chi connectivity index (χ1v) is 11.2. The number of nitrogens with two attached hydrogens (primary N) is 1. The number of hydrogen-bond donors (Lipinski definition) is 2. The van der Waals surface area contributed by atoms with Gasteiger partial charge in [0.05, 0.1) is 10.9 Å². The molecule has 0 aliphatic rings. The fourth-order valence-corrected chi connectivity index (χ4v) is 3.72. The van der Waals surface area contributed by atoms with Gasteiger partial charge in [0.15, 0.2) is 5.16 Å². The first kappa shape index (κ1) is 21.3. The minimum absolute atomic E-state index is 0.0458. The standard InChI is InChI=1S/C18H24N4O3S2/c1-11(14-5-7-15(8-6-14)27(19,24)25)20-17(23)10-9-16-12(2)21-18(26-4)22-13(16)3/h5-8,11H,9-10H2,1-4H3,(H,20,23)(H2,19,24,25)/t11-/m1/s1. The maximum Gasteiger partial charge on any atom is 0.238 e. The molecule has 2 aromatic rings. The van der Waals surface area contributed by atoms with Gasteiger partial charge in [0.25, 0.3) is 0 Å². The number of primary sulfonamides is 1. The highest BCUT2D eigenvalue weighted by atomic mass is 32.2. The van der Waals surface area contributed by atoms with E-state index in [2.05, 4.69) is 15.3 Å². The summed E-state index contributed by atoms with van der Waals surface area (Å²) in [5, 5.41) is 8.74. The van der Waals surface area contributed by atoms with E-state index in [4.69, 9.17) is 5.14 Å². The van der Waals surface area contributed by atoms with Gasteiger partial charge in [-0.1, -0.05) is 23.9 Å². The predicted molar refractivity (Wildman–Crippen MR) is 106 cm³/mol. The van der Waals surface area contributed by atoms with Gasteiger partial charge < -0.3 is 5.32 Å². The number of nitrogens with zero attached hydrogens (tertiary/aromatic N) is 2. The van der Waals surface area contributed by atoms with E-state index in [1.807, 2.05) is 27.0 Å². The zero-order valence-electron chi connectivity index (χ0n) is 15.8. The molecule has 2 rings (SSSR count). The molecule has 0 fully saturated rings. The van der Waals surface area contributed by atoms with E-state index in [-0.39, 0.29) is 16.8 Å². The Bertz CT molecular complexity index is 905. The topological polar surface area (TPSA) is 115 Å². The van der Waals surface area contributed by atoms with E-state index < -0.39 is 10.0 Å². The number of carbonyl (C=O) groups excluding carboxylic acids is 1. The summed E-state index contributed by atoms with van der Waals surface area (Å²) < 4.78 is 22.6. The quantitative estimate of drug-likeness (QED) is 0.536. The van der Waals surface area contributed by atoms with Gasteiger partial charge in [0.1, 0.15) is 0 Å². The Kier molecular flexibility index (Phi) is 6.96. The van der Waals surface area contributed by atoms with E-state index in [0.29, 0.717) is 12.8 Å². The van der Waals surface area contributed by atoms with E-state index >= 15 is 0 Å². The summed E-state index contributed by atoms with van der Waals surface area (Å²) in [5.74, 6) is -0.0919. The van der Waals surface area contributed by atoms with Gasteiger partial charge in [-0.3, -0.25) is 4.79 Å². The Morgan fingerprint density at radius 2 is 1.74 bits per heavy atom. The van der Waals surface area contributed by atoms with Crippen molar-refractivity contribution in [2.24, 2.45) is 5.14 Å². The Balaban J connectivity index is 1.98. The van der Waals surface area contributed by atoms with E-state index in [1.165, 1.54) is 23.9 Å². The Morgan fingerprint density at radius 1 is 1.19 bits per heavy atom. The van der Waals surface area contributed by atoms with Gasteiger partial charge in [0, 0.05) is 17.8 Å². The molecule has 0 aliphatic heterocycles. The second-order valence-corrected chi connectivity index (χ2v) is 8.60. The van der Waals surface area contributed by atoms with Crippen LogP contribution in [0.4, 0.5) is 0 Å². The van der Waals surface area contributed by atoms with Crippen LogP contribution >= 0.6 is 11.8 Å². The van der Waals surface area contributed by atoms with Crippen LogP contribution in [0.5, 0.6) is 0 Å². The van der Waals surface area contributed by atoms with Crippen molar-refractivity contribution in [3.05, 3.63) is 46.8 Å². The van der Waals surface area contributed by atoms with Crippen LogP contribution in [0.1, 0.15) is 41.9 Å².